The van der Waals surface area contributed by atoms with Crippen LogP contribution in [0, 0.1) is 17.8 Å². The van der Waals surface area contributed by atoms with Crippen molar-refractivity contribution in [2.45, 2.75) is 43.8 Å². The SMILES string of the molecule is CC(C)C1CC(=O)C(C)C(Sc2ccccc2)C1. The van der Waals surface area contributed by atoms with Crippen LogP contribution in [0.1, 0.15) is 33.6 Å². The van der Waals surface area contributed by atoms with Gasteiger partial charge in [-0.1, -0.05) is 39.0 Å². The average Bonchev–Trinajstić information content (AvgIpc) is 2.35. The van der Waals surface area contributed by atoms with Crippen molar-refractivity contribution in [3.63, 3.8) is 0 Å². The van der Waals surface area contributed by atoms with Crippen molar-refractivity contribution in [1.29, 1.82) is 0 Å². The van der Waals surface area contributed by atoms with Gasteiger partial charge in [-0.15, -0.1) is 11.8 Å². The van der Waals surface area contributed by atoms with E-state index in [0.29, 0.717) is 22.9 Å². The molecule has 1 aliphatic rings. The lowest BCUT2D eigenvalue weighted by Gasteiger charge is -2.34. The van der Waals surface area contributed by atoms with Gasteiger partial charge in [0.05, 0.1) is 0 Å². The van der Waals surface area contributed by atoms with Crippen molar-refractivity contribution < 1.29 is 4.79 Å². The minimum atomic E-state index is 0.199. The Morgan fingerprint density at radius 1 is 1.22 bits per heavy atom. The maximum atomic E-state index is 12.1. The highest BCUT2D eigenvalue weighted by Gasteiger charge is 2.35. The Labute approximate surface area is 114 Å². The van der Waals surface area contributed by atoms with Crippen LogP contribution in [-0.4, -0.2) is 11.0 Å². The molecular formula is C16H22OS. The molecule has 0 bridgehead atoms. The van der Waals surface area contributed by atoms with Gasteiger partial charge in [0.15, 0.2) is 0 Å². The molecule has 0 radical (unpaired) electrons. The van der Waals surface area contributed by atoms with Gasteiger partial charge in [0.2, 0.25) is 0 Å². The van der Waals surface area contributed by atoms with Crippen LogP contribution >= 0.6 is 11.8 Å². The predicted octanol–water partition coefficient (Wildman–Crippen LogP) is 4.42. The van der Waals surface area contributed by atoms with Crippen molar-refractivity contribution in [3.05, 3.63) is 30.3 Å². The molecule has 1 aromatic carbocycles. The van der Waals surface area contributed by atoms with E-state index in [2.05, 4.69) is 45.0 Å². The summed E-state index contributed by atoms with van der Waals surface area (Å²) in [4.78, 5) is 13.4. The highest BCUT2D eigenvalue weighted by molar-refractivity contribution is 8.00. The molecule has 0 aromatic heterocycles. The first-order valence-corrected chi connectivity index (χ1v) is 7.70. The van der Waals surface area contributed by atoms with E-state index in [-0.39, 0.29) is 5.92 Å². The van der Waals surface area contributed by atoms with Crippen LogP contribution in [0.25, 0.3) is 0 Å². The second-order valence-electron chi connectivity index (χ2n) is 5.67. The summed E-state index contributed by atoms with van der Waals surface area (Å²) in [6, 6.07) is 10.5. The molecule has 1 nitrogen and oxygen atoms in total. The Balaban J connectivity index is 2.08. The van der Waals surface area contributed by atoms with Gasteiger partial charge in [0.25, 0.3) is 0 Å². The molecular weight excluding hydrogens is 240 g/mol. The summed E-state index contributed by atoms with van der Waals surface area (Å²) in [5.74, 6) is 1.83. The molecule has 2 heteroatoms. The van der Waals surface area contributed by atoms with Gasteiger partial charge >= 0.3 is 0 Å². The number of Topliss-reactive ketones (excluding diaryl/α,β-unsaturated/α-hetero) is 1. The summed E-state index contributed by atoms with van der Waals surface area (Å²) in [5, 5.41) is 0.445. The first-order valence-electron chi connectivity index (χ1n) is 6.82. The molecule has 3 atom stereocenters. The standard InChI is InChI=1S/C16H22OS/c1-11(2)13-9-15(17)12(3)16(10-13)18-14-7-5-4-6-8-14/h4-8,11-13,16H,9-10H2,1-3H3. The molecule has 0 N–H and O–H groups in total. The number of hydrogen-bond donors (Lipinski definition) is 0. The lowest BCUT2D eigenvalue weighted by Crippen LogP contribution is -2.35. The number of thioether (sulfide) groups is 1. The van der Waals surface area contributed by atoms with E-state index in [9.17, 15) is 4.79 Å². The fourth-order valence-electron chi connectivity index (χ4n) is 2.57. The smallest absolute Gasteiger partial charge is 0.137 e. The first kappa shape index (κ1) is 13.7. The second kappa shape index (κ2) is 5.92. The van der Waals surface area contributed by atoms with Crippen molar-refractivity contribution in [1.82, 2.24) is 0 Å². The van der Waals surface area contributed by atoms with Crippen molar-refractivity contribution >= 4 is 17.5 Å². The van der Waals surface area contributed by atoms with Gasteiger partial charge < -0.3 is 0 Å². The number of carbonyl (C=O) groups is 1. The van der Waals surface area contributed by atoms with Gasteiger partial charge in [0.1, 0.15) is 5.78 Å². The van der Waals surface area contributed by atoms with Gasteiger partial charge in [-0.25, -0.2) is 0 Å². The third-order valence-electron chi connectivity index (χ3n) is 4.04. The lowest BCUT2D eigenvalue weighted by molar-refractivity contribution is -0.125. The molecule has 0 heterocycles. The number of ketones is 1. The van der Waals surface area contributed by atoms with E-state index in [1.807, 2.05) is 17.8 Å². The normalized spacial score (nSPS) is 28.7. The van der Waals surface area contributed by atoms with Crippen LogP contribution in [-0.2, 0) is 4.79 Å². The van der Waals surface area contributed by atoms with E-state index in [1.165, 1.54) is 11.3 Å². The van der Waals surface area contributed by atoms with E-state index in [0.717, 1.165) is 6.42 Å². The molecule has 18 heavy (non-hydrogen) atoms. The first-order chi connectivity index (χ1) is 8.58. The second-order valence-corrected chi connectivity index (χ2v) is 6.98. The minimum Gasteiger partial charge on any atom is -0.299 e. The van der Waals surface area contributed by atoms with Crippen LogP contribution in [0.2, 0.25) is 0 Å². The zero-order chi connectivity index (χ0) is 13.1. The molecule has 1 fully saturated rings. The van der Waals surface area contributed by atoms with Gasteiger partial charge in [0, 0.05) is 22.5 Å². The summed E-state index contributed by atoms with van der Waals surface area (Å²) in [5.41, 5.74) is 0. The summed E-state index contributed by atoms with van der Waals surface area (Å²) in [6.07, 6.45) is 1.95. The highest BCUT2D eigenvalue weighted by atomic mass is 32.2. The fourth-order valence-corrected chi connectivity index (χ4v) is 3.93. The molecule has 1 saturated carbocycles. The van der Waals surface area contributed by atoms with Crippen molar-refractivity contribution in [2.24, 2.45) is 17.8 Å². The van der Waals surface area contributed by atoms with E-state index < -0.39 is 0 Å². The topological polar surface area (TPSA) is 17.1 Å². The monoisotopic (exact) mass is 262 g/mol. The van der Waals surface area contributed by atoms with E-state index in [1.54, 1.807) is 0 Å². The number of rotatable bonds is 3. The Kier molecular flexibility index (Phi) is 4.50. The Bertz CT molecular complexity index is 399. The molecule has 3 unspecified atom stereocenters. The fraction of sp³-hybridized carbons (Fsp3) is 0.562. The summed E-state index contributed by atoms with van der Waals surface area (Å²) < 4.78 is 0. The molecule has 1 aliphatic carbocycles. The van der Waals surface area contributed by atoms with Crippen molar-refractivity contribution in [2.75, 3.05) is 0 Å². The Morgan fingerprint density at radius 3 is 2.50 bits per heavy atom. The summed E-state index contributed by atoms with van der Waals surface area (Å²) >= 11 is 1.88. The van der Waals surface area contributed by atoms with Crippen LogP contribution in [0.3, 0.4) is 0 Å². The maximum Gasteiger partial charge on any atom is 0.137 e. The van der Waals surface area contributed by atoms with Crippen molar-refractivity contribution in [3.8, 4) is 0 Å². The average molecular weight is 262 g/mol. The largest absolute Gasteiger partial charge is 0.299 e. The zero-order valence-electron chi connectivity index (χ0n) is 11.4. The van der Waals surface area contributed by atoms with Crippen LogP contribution in [0.5, 0.6) is 0 Å². The highest BCUT2D eigenvalue weighted by Crippen LogP contribution is 2.40. The maximum absolute atomic E-state index is 12.1. The predicted molar refractivity (Wildman–Crippen MR) is 77.8 cm³/mol. The van der Waals surface area contributed by atoms with Crippen LogP contribution < -0.4 is 0 Å². The summed E-state index contributed by atoms with van der Waals surface area (Å²) in [6.45, 7) is 6.57. The van der Waals surface area contributed by atoms with Gasteiger partial charge in [-0.3, -0.25) is 4.79 Å². The van der Waals surface area contributed by atoms with Crippen LogP contribution in [0.4, 0.5) is 0 Å². The number of carbonyl (C=O) groups excluding carboxylic acids is 1. The van der Waals surface area contributed by atoms with E-state index >= 15 is 0 Å². The molecule has 0 aliphatic heterocycles. The molecule has 2 rings (SSSR count). The Hall–Kier alpha value is -0.760. The third-order valence-corrected chi connectivity index (χ3v) is 5.49. The Morgan fingerprint density at radius 2 is 1.89 bits per heavy atom. The minimum absolute atomic E-state index is 0.199. The molecule has 0 saturated heterocycles. The third kappa shape index (κ3) is 3.17. The number of benzene rings is 1. The molecule has 0 amide bonds. The van der Waals surface area contributed by atoms with Gasteiger partial charge in [-0.05, 0) is 30.4 Å². The number of hydrogen-bond acceptors (Lipinski definition) is 2. The quantitative estimate of drug-likeness (QED) is 0.802. The lowest BCUT2D eigenvalue weighted by atomic mass is 9.76. The molecule has 1 aromatic rings. The summed E-state index contributed by atoms with van der Waals surface area (Å²) in [7, 11) is 0. The van der Waals surface area contributed by atoms with Crippen LogP contribution in [0.15, 0.2) is 35.2 Å². The molecule has 0 spiro atoms. The van der Waals surface area contributed by atoms with E-state index in [4.69, 9.17) is 0 Å². The molecule has 98 valence electrons. The van der Waals surface area contributed by atoms with Gasteiger partial charge in [-0.2, -0.15) is 0 Å². The zero-order valence-corrected chi connectivity index (χ0v) is 12.2.